The van der Waals surface area contributed by atoms with Crippen molar-refractivity contribution in [2.75, 3.05) is 6.54 Å². The number of alkyl carbamates (subject to hydrolysis) is 1. The summed E-state index contributed by atoms with van der Waals surface area (Å²) in [7, 11) is 0. The van der Waals surface area contributed by atoms with Crippen LogP contribution >= 0.6 is 0 Å². The summed E-state index contributed by atoms with van der Waals surface area (Å²) < 4.78 is 5.43. The molecule has 0 aromatic carbocycles. The molecule has 2 saturated carbocycles. The van der Waals surface area contributed by atoms with Crippen LogP contribution in [-0.4, -0.2) is 29.8 Å². The van der Waals surface area contributed by atoms with Gasteiger partial charge in [-0.25, -0.2) is 4.79 Å². The van der Waals surface area contributed by atoms with Crippen molar-refractivity contribution in [2.45, 2.75) is 77.0 Å². The molecule has 130 valence electrons. The van der Waals surface area contributed by atoms with E-state index >= 15 is 0 Å². The van der Waals surface area contributed by atoms with Crippen LogP contribution in [0.1, 0.15) is 59.8 Å². The number of carbonyl (C=O) groups is 1. The van der Waals surface area contributed by atoms with Gasteiger partial charge in [-0.2, -0.15) is 0 Å². The third-order valence-electron chi connectivity index (χ3n) is 5.81. The summed E-state index contributed by atoms with van der Waals surface area (Å²) in [5.41, 5.74) is -0.546. The van der Waals surface area contributed by atoms with E-state index in [2.05, 4.69) is 29.7 Å². The Morgan fingerprint density at radius 3 is 2.52 bits per heavy atom. The molecule has 0 heterocycles. The second-order valence-electron chi connectivity index (χ2n) is 8.87. The molecule has 0 saturated heterocycles. The normalized spacial score (nSPS) is 32.4. The molecule has 0 aliphatic heterocycles. The maximum Gasteiger partial charge on any atom is 0.408 e. The first-order valence-electron chi connectivity index (χ1n) is 9.19. The molecule has 2 N–H and O–H groups in total. The fourth-order valence-corrected chi connectivity index (χ4v) is 4.38. The van der Waals surface area contributed by atoms with Gasteiger partial charge >= 0.3 is 6.09 Å². The lowest BCUT2D eigenvalue weighted by Crippen LogP contribution is -2.61. The van der Waals surface area contributed by atoms with Crippen molar-refractivity contribution in [3.05, 3.63) is 12.2 Å². The highest BCUT2D eigenvalue weighted by Crippen LogP contribution is 2.45. The lowest BCUT2D eigenvalue weighted by molar-refractivity contribution is 0.0376. The number of carbonyl (C=O) groups excluding carboxylic acids is 1. The molecule has 23 heavy (non-hydrogen) atoms. The predicted molar refractivity (Wildman–Crippen MR) is 92.3 cm³/mol. The van der Waals surface area contributed by atoms with Crippen molar-refractivity contribution in [1.82, 2.24) is 10.6 Å². The Morgan fingerprint density at radius 2 is 2.04 bits per heavy atom. The van der Waals surface area contributed by atoms with Gasteiger partial charge < -0.3 is 15.4 Å². The van der Waals surface area contributed by atoms with Gasteiger partial charge in [0.1, 0.15) is 5.60 Å². The van der Waals surface area contributed by atoms with E-state index in [1.165, 1.54) is 19.3 Å². The molecular weight excluding hydrogens is 288 g/mol. The van der Waals surface area contributed by atoms with Gasteiger partial charge in [-0.1, -0.05) is 12.2 Å². The summed E-state index contributed by atoms with van der Waals surface area (Å²) >= 11 is 0. The fraction of sp³-hybridized carbons (Fsp3) is 0.842. The van der Waals surface area contributed by atoms with Crippen LogP contribution in [-0.2, 0) is 4.74 Å². The summed E-state index contributed by atoms with van der Waals surface area (Å²) in [6, 6.07) is 0.507. The molecule has 0 aromatic rings. The Labute approximate surface area is 140 Å². The minimum atomic E-state index is -0.439. The molecule has 4 nitrogen and oxygen atoms in total. The molecule has 2 bridgehead atoms. The van der Waals surface area contributed by atoms with E-state index in [9.17, 15) is 4.79 Å². The van der Waals surface area contributed by atoms with Gasteiger partial charge in [0.15, 0.2) is 0 Å². The van der Waals surface area contributed by atoms with Crippen LogP contribution in [0, 0.1) is 17.8 Å². The van der Waals surface area contributed by atoms with Gasteiger partial charge in [0.05, 0.1) is 5.54 Å². The first kappa shape index (κ1) is 16.8. The smallest absolute Gasteiger partial charge is 0.408 e. The van der Waals surface area contributed by atoms with E-state index < -0.39 is 5.60 Å². The summed E-state index contributed by atoms with van der Waals surface area (Å²) in [5.74, 6) is 2.33. The van der Waals surface area contributed by atoms with Gasteiger partial charge in [0.2, 0.25) is 0 Å². The van der Waals surface area contributed by atoms with E-state index in [1.807, 2.05) is 20.8 Å². The van der Waals surface area contributed by atoms with Crippen molar-refractivity contribution in [3.63, 3.8) is 0 Å². The van der Waals surface area contributed by atoms with Crippen LogP contribution < -0.4 is 10.6 Å². The summed E-state index contributed by atoms with van der Waals surface area (Å²) in [6.45, 7) is 8.87. The molecule has 0 aromatic heterocycles. The lowest BCUT2D eigenvalue weighted by atomic mass is 9.76. The molecule has 4 atom stereocenters. The van der Waals surface area contributed by atoms with Gasteiger partial charge in [0, 0.05) is 12.6 Å². The highest BCUT2D eigenvalue weighted by atomic mass is 16.6. The maximum atomic E-state index is 12.1. The summed E-state index contributed by atoms with van der Waals surface area (Å²) in [4.78, 5) is 12.1. The molecule has 0 radical (unpaired) electrons. The Bertz CT molecular complexity index is 476. The third-order valence-corrected chi connectivity index (χ3v) is 5.81. The zero-order valence-corrected chi connectivity index (χ0v) is 15.0. The second kappa shape index (κ2) is 6.12. The van der Waals surface area contributed by atoms with Crippen LogP contribution in [0.2, 0.25) is 0 Å². The van der Waals surface area contributed by atoms with Gasteiger partial charge in [0.25, 0.3) is 0 Å². The van der Waals surface area contributed by atoms with Crippen molar-refractivity contribution in [1.29, 1.82) is 0 Å². The average molecular weight is 320 g/mol. The minimum absolute atomic E-state index is 0.107. The summed E-state index contributed by atoms with van der Waals surface area (Å²) in [6.07, 6.45) is 10.5. The monoisotopic (exact) mass is 320 g/mol. The molecule has 4 heteroatoms. The van der Waals surface area contributed by atoms with Crippen LogP contribution in [0.15, 0.2) is 12.2 Å². The minimum Gasteiger partial charge on any atom is -0.444 e. The molecule has 3 rings (SSSR count). The highest BCUT2D eigenvalue weighted by Gasteiger charge is 2.42. The van der Waals surface area contributed by atoms with Crippen LogP contribution in [0.4, 0.5) is 4.79 Å². The number of ether oxygens (including phenoxy) is 1. The quantitative estimate of drug-likeness (QED) is 0.761. The molecule has 0 spiro atoms. The Kier molecular flexibility index (Phi) is 4.47. The topological polar surface area (TPSA) is 50.4 Å². The zero-order valence-electron chi connectivity index (χ0n) is 15.0. The van der Waals surface area contributed by atoms with Crippen molar-refractivity contribution >= 4 is 6.09 Å². The molecule has 2 fully saturated rings. The Morgan fingerprint density at radius 1 is 1.30 bits per heavy atom. The molecule has 3 aliphatic rings. The standard InChI is InChI=1S/C19H32N2O2/c1-13(16-11-14-6-7-15(16)10-14)20-12-19(8-5-9-19)21-17(22)23-18(2,3)4/h6-7,13-16,20H,5,8-12H2,1-4H3,(H,21,22). The van der Waals surface area contributed by atoms with E-state index in [4.69, 9.17) is 4.74 Å². The predicted octanol–water partition coefficient (Wildman–Crippen LogP) is 3.62. The lowest BCUT2D eigenvalue weighted by Gasteiger charge is -2.44. The highest BCUT2D eigenvalue weighted by molar-refractivity contribution is 5.69. The van der Waals surface area contributed by atoms with E-state index in [0.717, 1.165) is 37.1 Å². The van der Waals surface area contributed by atoms with E-state index in [1.54, 1.807) is 0 Å². The number of hydrogen-bond donors (Lipinski definition) is 2. The van der Waals surface area contributed by atoms with Crippen molar-refractivity contribution in [3.8, 4) is 0 Å². The molecule has 1 amide bonds. The van der Waals surface area contributed by atoms with E-state index in [0.29, 0.717) is 6.04 Å². The van der Waals surface area contributed by atoms with Crippen LogP contribution in [0.5, 0.6) is 0 Å². The number of allylic oxidation sites excluding steroid dienone is 2. The Hall–Kier alpha value is -1.03. The van der Waals surface area contributed by atoms with E-state index in [-0.39, 0.29) is 11.6 Å². The van der Waals surface area contributed by atoms with Crippen molar-refractivity contribution < 1.29 is 9.53 Å². The SMILES string of the molecule is CC(NCC1(NC(=O)OC(C)(C)C)CCC1)C1CC2C=CC1C2. The largest absolute Gasteiger partial charge is 0.444 e. The number of nitrogens with one attached hydrogen (secondary N) is 2. The average Bonchev–Trinajstić information content (AvgIpc) is 3.01. The molecule has 4 unspecified atom stereocenters. The first-order chi connectivity index (χ1) is 10.8. The number of rotatable bonds is 5. The number of amides is 1. The van der Waals surface area contributed by atoms with Crippen molar-refractivity contribution in [2.24, 2.45) is 17.8 Å². The third kappa shape index (κ3) is 3.90. The molecule has 3 aliphatic carbocycles. The number of fused-ring (bicyclic) bond motifs is 2. The fourth-order valence-electron chi connectivity index (χ4n) is 4.38. The van der Waals surface area contributed by atoms with Gasteiger partial charge in [-0.15, -0.1) is 0 Å². The van der Waals surface area contributed by atoms with Crippen LogP contribution in [0.25, 0.3) is 0 Å². The second-order valence-corrected chi connectivity index (χ2v) is 8.87. The van der Waals surface area contributed by atoms with Gasteiger partial charge in [-0.05, 0) is 77.6 Å². The Balaban J connectivity index is 1.49. The first-order valence-corrected chi connectivity index (χ1v) is 9.19. The summed E-state index contributed by atoms with van der Waals surface area (Å²) in [5, 5.41) is 6.84. The number of hydrogen-bond acceptors (Lipinski definition) is 3. The van der Waals surface area contributed by atoms with Gasteiger partial charge in [-0.3, -0.25) is 0 Å². The maximum absolute atomic E-state index is 12.1. The molecular formula is C19H32N2O2. The van der Waals surface area contributed by atoms with Crippen LogP contribution in [0.3, 0.4) is 0 Å². The zero-order chi connectivity index (χ0) is 16.7.